The van der Waals surface area contributed by atoms with Crippen molar-refractivity contribution in [3.63, 3.8) is 0 Å². The highest BCUT2D eigenvalue weighted by Crippen LogP contribution is 2.23. The number of nitrogens with zero attached hydrogens (tertiary/aromatic N) is 4. The third kappa shape index (κ3) is 4.96. The molecule has 2 rings (SSSR count). The van der Waals surface area contributed by atoms with Gasteiger partial charge in [0.05, 0.1) is 6.04 Å². The third-order valence-electron chi connectivity index (χ3n) is 3.69. The molecular formula is C16H25ClN4O2. The van der Waals surface area contributed by atoms with Crippen molar-refractivity contribution >= 4 is 23.5 Å². The van der Waals surface area contributed by atoms with E-state index in [4.69, 9.17) is 16.3 Å². The van der Waals surface area contributed by atoms with Crippen molar-refractivity contribution in [1.29, 1.82) is 0 Å². The highest BCUT2D eigenvalue weighted by molar-refractivity contribution is 6.28. The summed E-state index contributed by atoms with van der Waals surface area (Å²) < 4.78 is 5.50. The number of hydrogen-bond donors (Lipinski definition) is 0. The van der Waals surface area contributed by atoms with Crippen LogP contribution in [0.2, 0.25) is 5.28 Å². The number of ether oxygens (including phenoxy) is 1. The van der Waals surface area contributed by atoms with E-state index in [1.165, 1.54) is 0 Å². The van der Waals surface area contributed by atoms with Gasteiger partial charge in [0, 0.05) is 31.9 Å². The standard InChI is InChI=1S/C16H25ClN4O2/c1-11-9-13(19-14(17)18-11)20(5)10-12-7-6-8-21(12)15(22)23-16(2,3)4/h9,12H,6-8,10H2,1-5H3/t12-/m0/s1. The van der Waals surface area contributed by atoms with Crippen LogP contribution in [0, 0.1) is 6.92 Å². The Morgan fingerprint density at radius 1 is 1.48 bits per heavy atom. The number of carbonyl (C=O) groups is 1. The maximum Gasteiger partial charge on any atom is 0.410 e. The molecule has 0 aliphatic carbocycles. The summed E-state index contributed by atoms with van der Waals surface area (Å²) in [7, 11) is 1.95. The molecule has 128 valence electrons. The minimum Gasteiger partial charge on any atom is -0.444 e. The number of rotatable bonds is 3. The molecule has 0 aromatic carbocycles. The molecule has 0 N–H and O–H groups in total. The Labute approximate surface area is 142 Å². The van der Waals surface area contributed by atoms with Gasteiger partial charge in [-0.15, -0.1) is 0 Å². The second-order valence-corrected chi connectivity index (χ2v) is 7.32. The molecule has 7 heteroatoms. The lowest BCUT2D eigenvalue weighted by atomic mass is 10.2. The first kappa shape index (κ1) is 17.8. The van der Waals surface area contributed by atoms with E-state index in [2.05, 4.69) is 9.97 Å². The van der Waals surface area contributed by atoms with E-state index in [1.807, 2.05) is 50.6 Å². The first-order chi connectivity index (χ1) is 10.7. The van der Waals surface area contributed by atoms with Crippen LogP contribution in [-0.4, -0.2) is 52.7 Å². The van der Waals surface area contributed by atoms with E-state index >= 15 is 0 Å². The highest BCUT2D eigenvalue weighted by Gasteiger charge is 2.33. The normalized spacial score (nSPS) is 18.2. The average molecular weight is 341 g/mol. The smallest absolute Gasteiger partial charge is 0.410 e. The molecule has 0 bridgehead atoms. The molecular weight excluding hydrogens is 316 g/mol. The van der Waals surface area contributed by atoms with Crippen LogP contribution in [0.5, 0.6) is 0 Å². The molecule has 23 heavy (non-hydrogen) atoms. The van der Waals surface area contributed by atoms with Gasteiger partial charge in [-0.25, -0.2) is 14.8 Å². The lowest BCUT2D eigenvalue weighted by Gasteiger charge is -2.31. The molecule has 2 heterocycles. The SMILES string of the molecule is Cc1cc(N(C)C[C@@H]2CCCN2C(=O)OC(C)(C)C)nc(Cl)n1. The zero-order chi connectivity index (χ0) is 17.2. The predicted octanol–water partition coefficient (Wildman–Crippen LogP) is 3.27. The number of aromatic nitrogens is 2. The van der Waals surface area contributed by atoms with Gasteiger partial charge in [0.1, 0.15) is 11.4 Å². The Balaban J connectivity index is 2.04. The number of likely N-dealkylation sites (tertiary alicyclic amines) is 1. The van der Waals surface area contributed by atoms with Gasteiger partial charge in [0.25, 0.3) is 0 Å². The van der Waals surface area contributed by atoms with Crippen LogP contribution < -0.4 is 4.90 Å². The van der Waals surface area contributed by atoms with Gasteiger partial charge in [-0.05, 0) is 52.1 Å². The molecule has 1 fully saturated rings. The number of halogens is 1. The summed E-state index contributed by atoms with van der Waals surface area (Å²) in [4.78, 5) is 24.5. The van der Waals surface area contributed by atoms with Gasteiger partial charge < -0.3 is 14.5 Å². The van der Waals surface area contributed by atoms with Gasteiger partial charge in [-0.2, -0.15) is 0 Å². The van der Waals surface area contributed by atoms with E-state index in [1.54, 1.807) is 0 Å². The fraction of sp³-hybridized carbons (Fsp3) is 0.688. The van der Waals surface area contributed by atoms with Gasteiger partial charge in [0.15, 0.2) is 0 Å². The summed E-state index contributed by atoms with van der Waals surface area (Å²) in [6.45, 7) is 8.95. The third-order valence-corrected chi connectivity index (χ3v) is 3.86. The first-order valence-corrected chi connectivity index (χ1v) is 8.25. The topological polar surface area (TPSA) is 58.6 Å². The molecule has 0 radical (unpaired) electrons. The minimum absolute atomic E-state index is 0.115. The number of likely N-dealkylation sites (N-methyl/N-ethyl adjacent to an activating group) is 1. The van der Waals surface area contributed by atoms with E-state index in [9.17, 15) is 4.79 Å². The van der Waals surface area contributed by atoms with Crippen molar-refractivity contribution < 1.29 is 9.53 Å². The second kappa shape index (κ2) is 6.91. The Hall–Kier alpha value is -1.56. The molecule has 0 unspecified atom stereocenters. The number of aryl methyl sites for hydroxylation is 1. The van der Waals surface area contributed by atoms with Crippen LogP contribution >= 0.6 is 11.6 Å². The van der Waals surface area contributed by atoms with Gasteiger partial charge >= 0.3 is 6.09 Å². The van der Waals surface area contributed by atoms with E-state index in [-0.39, 0.29) is 17.4 Å². The summed E-state index contributed by atoms with van der Waals surface area (Å²) in [5.41, 5.74) is 0.343. The summed E-state index contributed by atoms with van der Waals surface area (Å²) in [6.07, 6.45) is 1.70. The second-order valence-electron chi connectivity index (χ2n) is 6.99. The van der Waals surface area contributed by atoms with Crippen molar-refractivity contribution in [2.45, 2.75) is 52.2 Å². The molecule has 1 saturated heterocycles. The van der Waals surface area contributed by atoms with Crippen molar-refractivity contribution in [3.8, 4) is 0 Å². The highest BCUT2D eigenvalue weighted by atomic mass is 35.5. The van der Waals surface area contributed by atoms with E-state index < -0.39 is 5.60 Å². The van der Waals surface area contributed by atoms with Crippen molar-refractivity contribution in [1.82, 2.24) is 14.9 Å². The van der Waals surface area contributed by atoms with Gasteiger partial charge in [0.2, 0.25) is 5.28 Å². The molecule has 1 aliphatic rings. The molecule has 6 nitrogen and oxygen atoms in total. The van der Waals surface area contributed by atoms with Crippen molar-refractivity contribution in [2.24, 2.45) is 0 Å². The molecule has 1 atom stereocenters. The van der Waals surface area contributed by atoms with Crippen molar-refractivity contribution in [2.75, 3.05) is 25.0 Å². The monoisotopic (exact) mass is 340 g/mol. The number of carbonyl (C=O) groups excluding carboxylic acids is 1. The summed E-state index contributed by atoms with van der Waals surface area (Å²) >= 11 is 5.93. The molecule has 1 amide bonds. The lowest BCUT2D eigenvalue weighted by molar-refractivity contribution is 0.0232. The predicted molar refractivity (Wildman–Crippen MR) is 91.0 cm³/mol. The van der Waals surface area contributed by atoms with E-state index in [0.29, 0.717) is 6.54 Å². The fourth-order valence-electron chi connectivity index (χ4n) is 2.71. The number of amides is 1. The van der Waals surface area contributed by atoms with Crippen LogP contribution in [0.3, 0.4) is 0 Å². The van der Waals surface area contributed by atoms with E-state index in [0.717, 1.165) is 30.9 Å². The van der Waals surface area contributed by atoms with Crippen LogP contribution in [0.1, 0.15) is 39.3 Å². The maximum atomic E-state index is 12.3. The van der Waals surface area contributed by atoms with Crippen LogP contribution in [-0.2, 0) is 4.74 Å². The molecule has 0 spiro atoms. The van der Waals surface area contributed by atoms with Gasteiger partial charge in [-0.1, -0.05) is 0 Å². The zero-order valence-electron chi connectivity index (χ0n) is 14.5. The zero-order valence-corrected chi connectivity index (χ0v) is 15.2. The lowest BCUT2D eigenvalue weighted by Crippen LogP contribution is -2.44. The summed E-state index contributed by atoms with van der Waals surface area (Å²) in [6, 6.07) is 2.00. The Kier molecular flexibility index (Phi) is 5.34. The largest absolute Gasteiger partial charge is 0.444 e. The van der Waals surface area contributed by atoms with Gasteiger partial charge in [-0.3, -0.25) is 0 Å². The number of hydrogen-bond acceptors (Lipinski definition) is 5. The quantitative estimate of drug-likeness (QED) is 0.790. The molecule has 1 aromatic rings. The molecule has 1 aromatic heterocycles. The van der Waals surface area contributed by atoms with Crippen LogP contribution in [0.4, 0.5) is 10.6 Å². The fourth-order valence-corrected chi connectivity index (χ4v) is 2.93. The maximum absolute atomic E-state index is 12.3. The first-order valence-electron chi connectivity index (χ1n) is 7.87. The summed E-state index contributed by atoms with van der Waals surface area (Å²) in [5, 5.41) is 0.238. The Morgan fingerprint density at radius 3 is 2.78 bits per heavy atom. The van der Waals surface area contributed by atoms with Crippen LogP contribution in [0.25, 0.3) is 0 Å². The average Bonchev–Trinajstić information content (AvgIpc) is 2.83. The minimum atomic E-state index is -0.479. The Morgan fingerprint density at radius 2 is 2.17 bits per heavy atom. The Bertz CT molecular complexity index is 553. The van der Waals surface area contributed by atoms with Crippen LogP contribution in [0.15, 0.2) is 6.07 Å². The number of anilines is 1. The molecule has 0 saturated carbocycles. The summed E-state index contributed by atoms with van der Waals surface area (Å²) in [5.74, 6) is 0.763. The van der Waals surface area contributed by atoms with Crippen molar-refractivity contribution in [3.05, 3.63) is 17.0 Å². The molecule has 1 aliphatic heterocycles.